The van der Waals surface area contributed by atoms with Crippen LogP contribution in [0.2, 0.25) is 0 Å². The number of esters is 1. The highest BCUT2D eigenvalue weighted by molar-refractivity contribution is 5.85. The molecule has 1 aliphatic carbocycles. The zero-order valence-electron chi connectivity index (χ0n) is 14.8. The molecule has 136 valence electrons. The number of fused-ring (bicyclic) bond motifs is 3. The first-order valence-electron chi connectivity index (χ1n) is 8.72. The molecule has 0 aliphatic heterocycles. The van der Waals surface area contributed by atoms with Crippen LogP contribution in [0.3, 0.4) is 0 Å². The molecule has 1 aliphatic rings. The Morgan fingerprint density at radius 3 is 2.08 bits per heavy atom. The van der Waals surface area contributed by atoms with E-state index in [2.05, 4.69) is 4.74 Å². The summed E-state index contributed by atoms with van der Waals surface area (Å²) in [6, 6.07) is 15.9. The molecule has 5 heteroatoms. The summed E-state index contributed by atoms with van der Waals surface area (Å²) in [5, 5.41) is 9.69. The molecule has 1 N–H and O–H groups in total. The third-order valence-electron chi connectivity index (χ3n) is 4.48. The van der Waals surface area contributed by atoms with Gasteiger partial charge in [-0.15, -0.1) is 0 Å². The first kappa shape index (κ1) is 18.1. The minimum atomic E-state index is -1.32. The summed E-state index contributed by atoms with van der Waals surface area (Å²) in [7, 11) is 0. The van der Waals surface area contributed by atoms with Crippen LogP contribution in [-0.2, 0) is 14.3 Å². The van der Waals surface area contributed by atoms with Crippen molar-refractivity contribution in [2.24, 2.45) is 5.92 Å². The maximum absolute atomic E-state index is 11.8. The van der Waals surface area contributed by atoms with E-state index in [1.165, 1.54) is 0 Å². The van der Waals surface area contributed by atoms with E-state index < -0.39 is 18.2 Å². The first-order chi connectivity index (χ1) is 12.5. The van der Waals surface area contributed by atoms with E-state index in [-0.39, 0.29) is 24.9 Å². The number of hydrogen-bond donors (Lipinski definition) is 1. The van der Waals surface area contributed by atoms with Crippen LogP contribution in [0.1, 0.15) is 37.3 Å². The molecule has 0 saturated heterocycles. The van der Waals surface area contributed by atoms with Gasteiger partial charge >= 0.3 is 12.1 Å². The van der Waals surface area contributed by atoms with E-state index in [1.54, 1.807) is 0 Å². The largest absolute Gasteiger partial charge is 0.516 e. The summed E-state index contributed by atoms with van der Waals surface area (Å²) in [6.07, 6.45) is -2.18. The molecule has 0 bridgehead atoms. The molecule has 3 rings (SSSR count). The van der Waals surface area contributed by atoms with E-state index >= 15 is 0 Å². The third-order valence-corrected chi connectivity index (χ3v) is 4.48. The third kappa shape index (κ3) is 3.78. The summed E-state index contributed by atoms with van der Waals surface area (Å²) in [6.45, 7) is 3.80. The lowest BCUT2D eigenvalue weighted by Gasteiger charge is -2.15. The van der Waals surface area contributed by atoms with Crippen molar-refractivity contribution < 1.29 is 24.2 Å². The fourth-order valence-corrected chi connectivity index (χ4v) is 3.31. The van der Waals surface area contributed by atoms with Gasteiger partial charge in [-0.25, -0.2) is 9.59 Å². The van der Waals surface area contributed by atoms with Crippen LogP contribution >= 0.6 is 0 Å². The van der Waals surface area contributed by atoms with Crippen molar-refractivity contribution in [1.82, 2.24) is 0 Å². The van der Waals surface area contributed by atoms with Gasteiger partial charge in [-0.2, -0.15) is 0 Å². The van der Waals surface area contributed by atoms with Crippen LogP contribution in [0.15, 0.2) is 48.5 Å². The molecule has 26 heavy (non-hydrogen) atoms. The highest BCUT2D eigenvalue weighted by Gasteiger charge is 2.30. The van der Waals surface area contributed by atoms with Gasteiger partial charge in [-0.1, -0.05) is 62.4 Å². The number of carbonyl (C=O) groups is 2. The van der Waals surface area contributed by atoms with E-state index in [1.807, 2.05) is 62.4 Å². The molecule has 1 atom stereocenters. The maximum Gasteiger partial charge on any atom is 0.516 e. The van der Waals surface area contributed by atoms with Gasteiger partial charge in [0.05, 0.1) is 0 Å². The molecular formula is C21H22O5. The number of carbonyl (C=O) groups excluding carboxylic acids is 2. The number of rotatable bonds is 5. The fraction of sp³-hybridized carbons (Fsp3) is 0.333. The summed E-state index contributed by atoms with van der Waals surface area (Å²) >= 11 is 0. The molecule has 0 amide bonds. The van der Waals surface area contributed by atoms with E-state index in [9.17, 15) is 14.7 Å². The maximum atomic E-state index is 11.8. The van der Waals surface area contributed by atoms with Gasteiger partial charge in [0.15, 0.2) is 6.10 Å². The van der Waals surface area contributed by atoms with Gasteiger partial charge in [0.2, 0.25) is 0 Å². The summed E-state index contributed by atoms with van der Waals surface area (Å²) in [4.78, 5) is 23.6. The van der Waals surface area contributed by atoms with E-state index in [4.69, 9.17) is 4.74 Å². The molecule has 1 unspecified atom stereocenters. The molecule has 0 fully saturated rings. The van der Waals surface area contributed by atoms with Crippen molar-refractivity contribution in [1.29, 1.82) is 0 Å². The van der Waals surface area contributed by atoms with Crippen LogP contribution < -0.4 is 0 Å². The molecule has 2 aromatic rings. The topological polar surface area (TPSA) is 72.8 Å². The Bertz CT molecular complexity index is 766. The van der Waals surface area contributed by atoms with Crippen LogP contribution in [-0.4, -0.2) is 29.9 Å². The fourth-order valence-electron chi connectivity index (χ4n) is 3.31. The van der Waals surface area contributed by atoms with Crippen molar-refractivity contribution >= 4 is 12.1 Å². The molecule has 0 radical (unpaired) electrons. The Morgan fingerprint density at radius 1 is 1.00 bits per heavy atom. The first-order valence-corrected chi connectivity index (χ1v) is 8.72. The van der Waals surface area contributed by atoms with E-state index in [0.717, 1.165) is 22.3 Å². The Kier molecular flexibility index (Phi) is 5.38. The van der Waals surface area contributed by atoms with Gasteiger partial charge in [-0.3, -0.25) is 0 Å². The minimum absolute atomic E-state index is 0.0699. The zero-order chi connectivity index (χ0) is 18.7. The normalized spacial score (nSPS) is 13.8. The standard InChI is InChI=1S/C21H22O5/c1-13(2)11-19(22)20(23)26-21(24)25-12-18-16-9-5-3-7-14(16)15-8-4-6-10-17(15)18/h3-10,13,18-19,22H,11-12H2,1-2H3. The van der Waals surface area contributed by atoms with Crippen molar-refractivity contribution in [3.63, 3.8) is 0 Å². The van der Waals surface area contributed by atoms with Gasteiger partial charge in [0.25, 0.3) is 0 Å². The van der Waals surface area contributed by atoms with Crippen molar-refractivity contribution in [2.45, 2.75) is 32.3 Å². The molecule has 0 heterocycles. The molecule has 0 spiro atoms. The number of hydrogen-bond acceptors (Lipinski definition) is 5. The smallest absolute Gasteiger partial charge is 0.433 e. The second-order valence-electron chi connectivity index (χ2n) is 6.85. The van der Waals surface area contributed by atoms with Gasteiger partial charge < -0.3 is 14.6 Å². The monoisotopic (exact) mass is 354 g/mol. The molecule has 5 nitrogen and oxygen atoms in total. The lowest BCUT2D eigenvalue weighted by Crippen LogP contribution is -2.28. The van der Waals surface area contributed by atoms with Crippen LogP contribution in [0.4, 0.5) is 4.79 Å². The molecular weight excluding hydrogens is 332 g/mol. The SMILES string of the molecule is CC(C)CC(O)C(=O)OC(=O)OCC1c2ccccc2-c2ccccc21. The average Bonchev–Trinajstić information content (AvgIpc) is 2.93. The average molecular weight is 354 g/mol. The van der Waals surface area contributed by atoms with Gasteiger partial charge in [-0.05, 0) is 34.6 Å². The van der Waals surface area contributed by atoms with Crippen LogP contribution in [0, 0.1) is 5.92 Å². The quantitative estimate of drug-likeness (QED) is 0.651. The number of benzene rings is 2. The van der Waals surface area contributed by atoms with Crippen molar-refractivity contribution in [3.8, 4) is 11.1 Å². The Labute approximate surface area is 152 Å². The summed E-state index contributed by atoms with van der Waals surface area (Å²) in [5.74, 6) is -0.971. The second kappa shape index (κ2) is 7.70. The minimum Gasteiger partial charge on any atom is -0.433 e. The van der Waals surface area contributed by atoms with Crippen molar-refractivity contribution in [2.75, 3.05) is 6.61 Å². The molecule has 0 saturated carbocycles. The van der Waals surface area contributed by atoms with E-state index in [0.29, 0.717) is 0 Å². The van der Waals surface area contributed by atoms with Crippen molar-refractivity contribution in [3.05, 3.63) is 59.7 Å². The van der Waals surface area contributed by atoms with Gasteiger partial charge in [0.1, 0.15) is 6.61 Å². The Hall–Kier alpha value is -2.66. The second-order valence-corrected chi connectivity index (χ2v) is 6.85. The van der Waals surface area contributed by atoms with Gasteiger partial charge in [0, 0.05) is 5.92 Å². The highest BCUT2D eigenvalue weighted by Crippen LogP contribution is 2.44. The lowest BCUT2D eigenvalue weighted by atomic mass is 9.98. The van der Waals surface area contributed by atoms with Crippen LogP contribution in [0.5, 0.6) is 0 Å². The molecule has 0 aromatic heterocycles. The van der Waals surface area contributed by atoms with Crippen LogP contribution in [0.25, 0.3) is 11.1 Å². The Balaban J connectivity index is 1.65. The number of aliphatic hydroxyl groups is 1. The highest BCUT2D eigenvalue weighted by atomic mass is 16.7. The predicted octanol–water partition coefficient (Wildman–Crippen LogP) is 3.89. The lowest BCUT2D eigenvalue weighted by molar-refractivity contribution is -0.150. The Morgan fingerprint density at radius 2 is 1.54 bits per heavy atom. The number of ether oxygens (including phenoxy) is 2. The summed E-state index contributed by atoms with van der Waals surface area (Å²) in [5.41, 5.74) is 4.39. The molecule has 2 aromatic carbocycles. The summed E-state index contributed by atoms with van der Waals surface area (Å²) < 4.78 is 9.77. The zero-order valence-corrected chi connectivity index (χ0v) is 14.8. The predicted molar refractivity (Wildman–Crippen MR) is 96.6 cm³/mol. The number of aliphatic hydroxyl groups excluding tert-OH is 1.